The van der Waals surface area contributed by atoms with E-state index in [0.717, 1.165) is 4.68 Å². The first-order chi connectivity index (χ1) is 13.7. The van der Waals surface area contributed by atoms with Gasteiger partial charge in [0.1, 0.15) is 18.1 Å². The van der Waals surface area contributed by atoms with Crippen molar-refractivity contribution in [3.05, 3.63) is 65.4 Å². The third kappa shape index (κ3) is 4.27. The van der Waals surface area contributed by atoms with Gasteiger partial charge in [0.25, 0.3) is 0 Å². The quantitative estimate of drug-likeness (QED) is 0.683. The summed E-state index contributed by atoms with van der Waals surface area (Å²) in [5.74, 6) is -0.537. The van der Waals surface area contributed by atoms with Gasteiger partial charge in [-0.3, -0.25) is 4.98 Å². The highest BCUT2D eigenvalue weighted by atomic mass is 32.2. The molecule has 29 heavy (non-hydrogen) atoms. The molecule has 1 aromatic carbocycles. The number of pyridine rings is 1. The van der Waals surface area contributed by atoms with Crippen molar-refractivity contribution in [3.63, 3.8) is 0 Å². The minimum absolute atomic E-state index is 0.0305. The van der Waals surface area contributed by atoms with Gasteiger partial charge in [-0.25, -0.2) is 22.3 Å². The van der Waals surface area contributed by atoms with E-state index in [1.807, 2.05) is 0 Å². The van der Waals surface area contributed by atoms with Crippen LogP contribution in [0.15, 0.2) is 52.5 Å². The lowest BCUT2D eigenvalue weighted by Gasteiger charge is -2.11. The van der Waals surface area contributed by atoms with Gasteiger partial charge >= 0.3 is 6.09 Å². The molecule has 0 fully saturated rings. The number of aromatic nitrogens is 3. The van der Waals surface area contributed by atoms with Gasteiger partial charge in [0.15, 0.2) is 5.03 Å². The number of aryl methyl sites for hydroxylation is 2. The highest BCUT2D eigenvalue weighted by molar-refractivity contribution is 7.91. The van der Waals surface area contributed by atoms with Gasteiger partial charge in [-0.15, -0.1) is 0 Å². The highest BCUT2D eigenvalue weighted by Crippen LogP contribution is 2.26. The van der Waals surface area contributed by atoms with Gasteiger partial charge in [-0.05, 0) is 43.7 Å². The molecule has 0 aliphatic heterocycles. The smallest absolute Gasteiger partial charge is 0.407 e. The number of benzene rings is 1. The summed E-state index contributed by atoms with van der Waals surface area (Å²) in [4.78, 5) is 15.4. The highest BCUT2D eigenvalue weighted by Gasteiger charge is 2.26. The van der Waals surface area contributed by atoms with E-state index in [2.05, 4.69) is 15.4 Å². The lowest BCUT2D eigenvalue weighted by Crippen LogP contribution is -2.19. The molecule has 0 saturated carbocycles. The molecule has 0 unspecified atom stereocenters. The van der Waals surface area contributed by atoms with E-state index in [-0.39, 0.29) is 27.9 Å². The van der Waals surface area contributed by atoms with Gasteiger partial charge in [-0.2, -0.15) is 5.10 Å². The number of carbonyl (C=O) groups excluding carboxylic acids is 1. The first-order valence-corrected chi connectivity index (χ1v) is 10.1. The van der Waals surface area contributed by atoms with Crippen LogP contribution in [-0.4, -0.2) is 36.3 Å². The zero-order chi connectivity index (χ0) is 21.2. The lowest BCUT2D eigenvalue weighted by molar-refractivity contribution is 0.140. The van der Waals surface area contributed by atoms with Crippen molar-refractivity contribution in [1.82, 2.24) is 20.1 Å². The Morgan fingerprint density at radius 2 is 1.97 bits per heavy atom. The Kier molecular flexibility index (Phi) is 5.64. The second-order valence-corrected chi connectivity index (χ2v) is 8.18. The average molecular weight is 418 g/mol. The number of alkyl carbamates (subject to hydrolysis) is 1. The third-order valence-electron chi connectivity index (χ3n) is 4.15. The van der Waals surface area contributed by atoms with E-state index >= 15 is 0 Å². The number of sulfone groups is 1. The molecule has 8 nitrogen and oxygen atoms in total. The summed E-state index contributed by atoms with van der Waals surface area (Å²) in [6.45, 7) is 3.20. The predicted octanol–water partition coefficient (Wildman–Crippen LogP) is 2.71. The molecule has 0 atom stereocenters. The molecule has 0 radical (unpaired) electrons. The molecule has 2 aromatic heterocycles. The Balaban J connectivity index is 2.15. The monoisotopic (exact) mass is 418 g/mol. The lowest BCUT2D eigenvalue weighted by atomic mass is 10.2. The van der Waals surface area contributed by atoms with E-state index in [4.69, 9.17) is 4.74 Å². The summed E-state index contributed by atoms with van der Waals surface area (Å²) in [7, 11) is -2.63. The van der Waals surface area contributed by atoms with Crippen LogP contribution in [0.25, 0.3) is 5.69 Å². The van der Waals surface area contributed by atoms with Crippen LogP contribution < -0.4 is 5.32 Å². The number of ether oxygens (including phenoxy) is 1. The second kappa shape index (κ2) is 8.00. The van der Waals surface area contributed by atoms with Gasteiger partial charge in [-0.1, -0.05) is 6.07 Å². The van der Waals surface area contributed by atoms with Gasteiger partial charge in [0.05, 0.1) is 10.6 Å². The van der Waals surface area contributed by atoms with Gasteiger partial charge in [0, 0.05) is 25.0 Å². The van der Waals surface area contributed by atoms with Crippen LogP contribution in [0.5, 0.6) is 0 Å². The Bertz CT molecular complexity index is 1160. The number of nitrogens with zero attached hydrogens (tertiary/aromatic N) is 3. The first kappa shape index (κ1) is 20.5. The standard InChI is InChI=1S/C19H19FN4O4S/c1-12-4-6-14(20)8-17(12)24-18(9-15(23-24)11-28-19(25)21-3)29(26,27)16-7-5-13(2)22-10-16/h4-10H,11H2,1-3H3,(H,21,25). The zero-order valence-corrected chi connectivity index (χ0v) is 16.8. The van der Waals surface area contributed by atoms with Crippen molar-refractivity contribution in [2.24, 2.45) is 0 Å². The minimum atomic E-state index is -4.03. The van der Waals surface area contributed by atoms with Gasteiger partial charge in [0.2, 0.25) is 9.84 Å². The van der Waals surface area contributed by atoms with Crippen molar-refractivity contribution in [3.8, 4) is 5.69 Å². The Morgan fingerprint density at radius 1 is 1.21 bits per heavy atom. The van der Waals surface area contributed by atoms with Crippen molar-refractivity contribution in [2.75, 3.05) is 7.05 Å². The minimum Gasteiger partial charge on any atom is -0.443 e. The van der Waals surface area contributed by atoms with Crippen LogP contribution in [0, 0.1) is 19.7 Å². The van der Waals surface area contributed by atoms with Crippen LogP contribution in [-0.2, 0) is 21.2 Å². The van der Waals surface area contributed by atoms with Crippen molar-refractivity contribution >= 4 is 15.9 Å². The zero-order valence-electron chi connectivity index (χ0n) is 16.0. The summed E-state index contributed by atoms with van der Waals surface area (Å²) in [6, 6.07) is 8.30. The number of hydrogen-bond donors (Lipinski definition) is 1. The SMILES string of the molecule is CNC(=O)OCc1cc(S(=O)(=O)c2ccc(C)nc2)n(-c2cc(F)ccc2C)n1. The van der Waals surface area contributed by atoms with E-state index in [1.54, 1.807) is 19.9 Å². The number of rotatable bonds is 5. The van der Waals surface area contributed by atoms with E-state index in [1.165, 1.54) is 43.6 Å². The number of amides is 1. The molecular formula is C19H19FN4O4S. The van der Waals surface area contributed by atoms with Crippen LogP contribution >= 0.6 is 0 Å². The summed E-state index contributed by atoms with van der Waals surface area (Å²) in [6.07, 6.45) is 0.565. The molecule has 3 aromatic rings. The van der Waals surface area contributed by atoms with E-state index in [9.17, 15) is 17.6 Å². The molecule has 0 aliphatic rings. The molecule has 3 rings (SSSR count). The molecule has 0 saturated heterocycles. The fourth-order valence-corrected chi connectivity index (χ4v) is 3.94. The predicted molar refractivity (Wildman–Crippen MR) is 102 cm³/mol. The summed E-state index contributed by atoms with van der Waals surface area (Å²) >= 11 is 0. The average Bonchev–Trinajstić information content (AvgIpc) is 3.13. The Labute approximate surface area is 167 Å². The van der Waals surface area contributed by atoms with E-state index < -0.39 is 21.7 Å². The maximum atomic E-state index is 13.9. The topological polar surface area (TPSA) is 103 Å². The van der Waals surface area contributed by atoms with Crippen molar-refractivity contribution in [2.45, 2.75) is 30.4 Å². The molecule has 1 amide bonds. The fourth-order valence-electron chi connectivity index (χ4n) is 2.60. The molecule has 0 spiro atoms. The van der Waals surface area contributed by atoms with Crippen LogP contribution in [0.4, 0.5) is 9.18 Å². The second-order valence-electron chi connectivity index (χ2n) is 6.28. The summed E-state index contributed by atoms with van der Waals surface area (Å²) in [5, 5.41) is 6.35. The molecule has 10 heteroatoms. The Morgan fingerprint density at radius 3 is 2.62 bits per heavy atom. The molecule has 0 aliphatic carbocycles. The fraction of sp³-hybridized carbons (Fsp3) is 0.211. The van der Waals surface area contributed by atoms with Crippen LogP contribution in [0.2, 0.25) is 0 Å². The van der Waals surface area contributed by atoms with Gasteiger partial charge < -0.3 is 10.1 Å². The summed E-state index contributed by atoms with van der Waals surface area (Å²) in [5.41, 5.74) is 1.73. The molecule has 0 bridgehead atoms. The maximum Gasteiger partial charge on any atom is 0.407 e. The molecular weight excluding hydrogens is 399 g/mol. The molecule has 1 N–H and O–H groups in total. The maximum absolute atomic E-state index is 13.9. The normalized spacial score (nSPS) is 11.3. The number of hydrogen-bond acceptors (Lipinski definition) is 6. The van der Waals surface area contributed by atoms with Crippen molar-refractivity contribution < 1.29 is 22.3 Å². The first-order valence-electron chi connectivity index (χ1n) is 8.60. The largest absolute Gasteiger partial charge is 0.443 e. The molecule has 2 heterocycles. The third-order valence-corrected chi connectivity index (χ3v) is 5.86. The molecule has 152 valence electrons. The van der Waals surface area contributed by atoms with Crippen molar-refractivity contribution in [1.29, 1.82) is 0 Å². The number of carbonyl (C=O) groups is 1. The van der Waals surface area contributed by atoms with Crippen LogP contribution in [0.3, 0.4) is 0 Å². The summed E-state index contributed by atoms with van der Waals surface area (Å²) < 4.78 is 46.4. The van der Waals surface area contributed by atoms with Crippen LogP contribution in [0.1, 0.15) is 17.0 Å². The van der Waals surface area contributed by atoms with E-state index in [0.29, 0.717) is 11.3 Å². The number of halogens is 1. The Hall–Kier alpha value is -3.27. The number of nitrogens with one attached hydrogen (secondary N) is 1.